The Kier molecular flexibility index (Phi) is 5.00. The molecule has 0 aliphatic heterocycles. The number of aromatic nitrogens is 1. The Morgan fingerprint density at radius 2 is 2.04 bits per heavy atom. The summed E-state index contributed by atoms with van der Waals surface area (Å²) >= 11 is 1.49. The summed E-state index contributed by atoms with van der Waals surface area (Å²) < 4.78 is 34.8. The third-order valence-electron chi connectivity index (χ3n) is 3.46. The lowest BCUT2D eigenvalue weighted by atomic mass is 10.2. The van der Waals surface area contributed by atoms with Crippen molar-refractivity contribution < 1.29 is 22.4 Å². The van der Waals surface area contributed by atoms with E-state index in [4.69, 9.17) is 9.15 Å². The largest absolute Gasteiger partial charge is 0.455 e. The van der Waals surface area contributed by atoms with Gasteiger partial charge in [-0.25, -0.2) is 18.2 Å². The molecule has 3 aromatic rings. The summed E-state index contributed by atoms with van der Waals surface area (Å²) in [5, 5.41) is 1.91. The van der Waals surface area contributed by atoms with E-state index in [-0.39, 0.29) is 22.8 Å². The van der Waals surface area contributed by atoms with Crippen LogP contribution in [0, 0.1) is 0 Å². The van der Waals surface area contributed by atoms with Crippen molar-refractivity contribution >= 4 is 27.1 Å². The molecule has 0 bridgehead atoms. The molecule has 2 heterocycles. The van der Waals surface area contributed by atoms with E-state index >= 15 is 0 Å². The smallest absolute Gasteiger partial charge is 0.339 e. The second-order valence-electron chi connectivity index (χ2n) is 5.10. The van der Waals surface area contributed by atoms with Crippen molar-refractivity contribution in [3.05, 3.63) is 59.3 Å². The van der Waals surface area contributed by atoms with Crippen molar-refractivity contribution in [1.29, 1.82) is 0 Å². The van der Waals surface area contributed by atoms with Crippen molar-refractivity contribution in [2.45, 2.75) is 18.4 Å². The first kappa shape index (κ1) is 17.4. The van der Waals surface area contributed by atoms with Gasteiger partial charge in [0.05, 0.1) is 21.1 Å². The summed E-state index contributed by atoms with van der Waals surface area (Å²) in [6.45, 7) is 1.42. The van der Waals surface area contributed by atoms with E-state index < -0.39 is 15.8 Å². The Morgan fingerprint density at radius 3 is 2.76 bits per heavy atom. The van der Waals surface area contributed by atoms with Gasteiger partial charge in [0, 0.05) is 0 Å². The minimum absolute atomic E-state index is 0.0197. The fraction of sp³-hybridized carbons (Fsp3) is 0.176. The summed E-state index contributed by atoms with van der Waals surface area (Å²) in [6.07, 6.45) is 1.41. The van der Waals surface area contributed by atoms with Crippen LogP contribution in [0.5, 0.6) is 0 Å². The molecule has 0 aliphatic carbocycles. The van der Waals surface area contributed by atoms with Crippen molar-refractivity contribution in [3.8, 4) is 10.8 Å². The van der Waals surface area contributed by atoms with Crippen molar-refractivity contribution in [2.24, 2.45) is 0 Å². The molecule has 0 saturated heterocycles. The molecule has 0 saturated carbocycles. The van der Waals surface area contributed by atoms with E-state index in [1.165, 1.54) is 36.7 Å². The fourth-order valence-electron chi connectivity index (χ4n) is 2.17. The standard InChI is InChI=1S/C17H15NO5S2/c1-2-25(20,21)15-8-4-3-6-13(15)17(19)23-11-12-10-22-16(18-12)14-7-5-9-24-14/h3-10H,2,11H2,1H3. The lowest BCUT2D eigenvalue weighted by Crippen LogP contribution is -2.13. The number of hydrogen-bond donors (Lipinski definition) is 0. The summed E-state index contributed by atoms with van der Waals surface area (Å²) in [5.74, 6) is -0.353. The van der Waals surface area contributed by atoms with Gasteiger partial charge in [-0.1, -0.05) is 25.1 Å². The second kappa shape index (κ2) is 7.20. The first-order valence-electron chi connectivity index (χ1n) is 7.48. The van der Waals surface area contributed by atoms with Crippen molar-refractivity contribution in [3.63, 3.8) is 0 Å². The molecule has 0 unspecified atom stereocenters. The number of sulfone groups is 1. The van der Waals surface area contributed by atoms with Crippen molar-refractivity contribution in [1.82, 2.24) is 4.98 Å². The van der Waals surface area contributed by atoms with Crippen LogP contribution in [-0.4, -0.2) is 25.1 Å². The van der Waals surface area contributed by atoms with E-state index in [2.05, 4.69) is 4.98 Å². The molecule has 1 aromatic carbocycles. The van der Waals surface area contributed by atoms with Gasteiger partial charge in [-0.05, 0) is 23.6 Å². The quantitative estimate of drug-likeness (QED) is 0.611. The van der Waals surface area contributed by atoms with Crippen LogP contribution in [0.1, 0.15) is 23.0 Å². The molecule has 6 nitrogen and oxygen atoms in total. The fourth-order valence-corrected chi connectivity index (χ4v) is 3.90. The molecule has 0 fully saturated rings. The van der Waals surface area contributed by atoms with Crippen LogP contribution in [0.15, 0.2) is 57.4 Å². The first-order valence-corrected chi connectivity index (χ1v) is 10.0. The van der Waals surface area contributed by atoms with Crippen LogP contribution in [0.4, 0.5) is 0 Å². The predicted molar refractivity (Wildman–Crippen MR) is 93.1 cm³/mol. The monoisotopic (exact) mass is 377 g/mol. The van der Waals surface area contributed by atoms with E-state index in [1.54, 1.807) is 12.1 Å². The number of benzene rings is 1. The van der Waals surface area contributed by atoms with Crippen LogP contribution in [0.3, 0.4) is 0 Å². The average Bonchev–Trinajstić information content (AvgIpc) is 3.31. The lowest BCUT2D eigenvalue weighted by Gasteiger charge is -2.08. The van der Waals surface area contributed by atoms with Crippen LogP contribution in [-0.2, 0) is 21.2 Å². The molecule has 2 aromatic heterocycles. The van der Waals surface area contributed by atoms with Gasteiger partial charge in [0.1, 0.15) is 18.6 Å². The number of nitrogens with zero attached hydrogens (tertiary/aromatic N) is 1. The average molecular weight is 377 g/mol. The molecular weight excluding hydrogens is 362 g/mol. The molecule has 8 heteroatoms. The zero-order chi connectivity index (χ0) is 17.9. The Bertz CT molecular complexity index is 974. The minimum Gasteiger partial charge on any atom is -0.455 e. The van der Waals surface area contributed by atoms with Crippen LogP contribution < -0.4 is 0 Å². The van der Waals surface area contributed by atoms with Gasteiger partial charge in [0.2, 0.25) is 5.89 Å². The van der Waals surface area contributed by atoms with E-state index in [9.17, 15) is 13.2 Å². The number of hydrogen-bond acceptors (Lipinski definition) is 7. The van der Waals surface area contributed by atoms with Gasteiger partial charge in [-0.3, -0.25) is 0 Å². The molecule has 0 radical (unpaired) electrons. The van der Waals surface area contributed by atoms with Gasteiger partial charge >= 0.3 is 5.97 Å². The molecule has 25 heavy (non-hydrogen) atoms. The van der Waals surface area contributed by atoms with Gasteiger partial charge in [0.15, 0.2) is 9.84 Å². The maximum absolute atomic E-state index is 12.3. The third-order valence-corrected chi connectivity index (χ3v) is 6.10. The molecule has 130 valence electrons. The molecule has 0 amide bonds. The number of thiophene rings is 1. The number of oxazole rings is 1. The number of esters is 1. The zero-order valence-corrected chi connectivity index (χ0v) is 15.0. The zero-order valence-electron chi connectivity index (χ0n) is 13.3. The van der Waals surface area contributed by atoms with Gasteiger partial charge in [-0.15, -0.1) is 11.3 Å². The first-order chi connectivity index (χ1) is 12.0. The molecule has 0 atom stereocenters. The highest BCUT2D eigenvalue weighted by Gasteiger charge is 2.22. The topological polar surface area (TPSA) is 86.5 Å². The summed E-state index contributed by atoms with van der Waals surface area (Å²) in [6, 6.07) is 9.76. The van der Waals surface area contributed by atoms with Gasteiger partial charge in [0.25, 0.3) is 0 Å². The second-order valence-corrected chi connectivity index (χ2v) is 8.29. The summed E-state index contributed by atoms with van der Waals surface area (Å²) in [7, 11) is -3.52. The van der Waals surface area contributed by atoms with E-state index in [1.807, 2.05) is 17.5 Å². The Hall–Kier alpha value is -2.45. The van der Waals surface area contributed by atoms with E-state index in [0.717, 1.165) is 4.88 Å². The predicted octanol–water partition coefficient (Wildman–Crippen LogP) is 3.55. The summed E-state index contributed by atoms with van der Waals surface area (Å²) in [5.41, 5.74) is 0.471. The lowest BCUT2D eigenvalue weighted by molar-refractivity contribution is 0.0463. The third kappa shape index (κ3) is 3.80. The Balaban J connectivity index is 1.74. The molecule has 0 spiro atoms. The Morgan fingerprint density at radius 1 is 1.24 bits per heavy atom. The Labute approximate surface area is 149 Å². The van der Waals surface area contributed by atoms with Crippen molar-refractivity contribution in [2.75, 3.05) is 5.75 Å². The highest BCUT2D eigenvalue weighted by Crippen LogP contribution is 2.24. The number of carbonyl (C=O) groups excluding carboxylic acids is 1. The van der Waals surface area contributed by atoms with Crippen LogP contribution in [0.2, 0.25) is 0 Å². The maximum atomic E-state index is 12.3. The molecule has 0 aliphatic rings. The van der Waals surface area contributed by atoms with Crippen LogP contribution in [0.25, 0.3) is 10.8 Å². The van der Waals surface area contributed by atoms with Crippen LogP contribution >= 0.6 is 11.3 Å². The highest BCUT2D eigenvalue weighted by atomic mass is 32.2. The molecule has 3 rings (SSSR count). The maximum Gasteiger partial charge on any atom is 0.339 e. The molecule has 0 N–H and O–H groups in total. The number of carbonyl (C=O) groups is 1. The van der Waals surface area contributed by atoms with Gasteiger partial charge < -0.3 is 9.15 Å². The SMILES string of the molecule is CCS(=O)(=O)c1ccccc1C(=O)OCc1coc(-c2cccs2)n1. The van der Waals surface area contributed by atoms with E-state index in [0.29, 0.717) is 11.6 Å². The number of ether oxygens (including phenoxy) is 1. The highest BCUT2D eigenvalue weighted by molar-refractivity contribution is 7.91. The minimum atomic E-state index is -3.52. The normalized spacial score (nSPS) is 11.4. The summed E-state index contributed by atoms with van der Waals surface area (Å²) in [4.78, 5) is 17.4. The van der Waals surface area contributed by atoms with Gasteiger partial charge in [-0.2, -0.15) is 0 Å². The number of rotatable bonds is 6. The molecular formula is C17H15NO5S2.